The quantitative estimate of drug-likeness (QED) is 0.204. The highest BCUT2D eigenvalue weighted by Gasteiger charge is 2.41. The molecule has 3 aromatic rings. The summed E-state index contributed by atoms with van der Waals surface area (Å²) in [7, 11) is -2.20. The summed E-state index contributed by atoms with van der Waals surface area (Å²) in [4.78, 5) is 13.6. The van der Waals surface area contributed by atoms with Gasteiger partial charge in [-0.15, -0.1) is 0 Å². The smallest absolute Gasteiger partial charge is 0.334 e. The number of hydrogen-bond donors (Lipinski definition) is 0. The first-order valence-electron chi connectivity index (χ1n) is 11.8. The number of halogens is 1. The van der Waals surface area contributed by atoms with Crippen LogP contribution in [0.2, 0.25) is 18.1 Å². The Morgan fingerprint density at radius 1 is 0.853 bits per heavy atom. The number of carbonyl (C=O) groups is 1. The maximum absolute atomic E-state index is 13.6. The maximum atomic E-state index is 13.6. The van der Waals surface area contributed by atoms with E-state index in [2.05, 4.69) is 61.9 Å². The van der Waals surface area contributed by atoms with Gasteiger partial charge >= 0.3 is 5.97 Å². The largest absolute Gasteiger partial charge is 0.451 e. The molecule has 1 atom stereocenters. The van der Waals surface area contributed by atoms with Crippen LogP contribution in [0.5, 0.6) is 0 Å². The lowest BCUT2D eigenvalue weighted by Gasteiger charge is -2.39. The van der Waals surface area contributed by atoms with Crippen molar-refractivity contribution < 1.29 is 14.0 Å². The van der Waals surface area contributed by atoms with Gasteiger partial charge in [-0.25, -0.2) is 4.79 Å². The normalized spacial score (nSPS) is 13.0. The SMILES string of the molecule is CC(C)(C)[Si](C)(C)OC(CCc1ccc(Br)cc1)C(=O)OC(c1ccccc1)c1ccccc1. The summed E-state index contributed by atoms with van der Waals surface area (Å²) in [6, 6.07) is 28.0. The van der Waals surface area contributed by atoms with Gasteiger partial charge in [0.25, 0.3) is 0 Å². The molecule has 5 heteroatoms. The molecule has 0 aliphatic carbocycles. The number of aryl methyl sites for hydroxylation is 1. The number of rotatable bonds is 9. The Hall–Kier alpha value is -2.21. The third-order valence-corrected chi connectivity index (χ3v) is 11.6. The monoisotopic (exact) mass is 538 g/mol. The molecular weight excluding hydrogens is 504 g/mol. The van der Waals surface area contributed by atoms with Crippen LogP contribution in [0.15, 0.2) is 89.4 Å². The van der Waals surface area contributed by atoms with Crippen LogP contribution in [0.3, 0.4) is 0 Å². The molecule has 0 aromatic heterocycles. The van der Waals surface area contributed by atoms with Crippen LogP contribution in [0, 0.1) is 0 Å². The van der Waals surface area contributed by atoms with E-state index in [9.17, 15) is 4.79 Å². The van der Waals surface area contributed by atoms with Gasteiger partial charge in [0.1, 0.15) is 6.10 Å². The molecule has 0 radical (unpaired) electrons. The standard InChI is InChI=1S/C29H35BrO3Si/c1-29(2,3)34(4,5)33-26(21-18-22-16-19-25(30)20-17-22)28(31)32-27(23-12-8-6-9-13-23)24-14-10-7-11-15-24/h6-17,19-20,26-27H,18,21H2,1-5H3. The lowest BCUT2D eigenvalue weighted by atomic mass is 10.0. The fourth-order valence-electron chi connectivity index (χ4n) is 3.48. The van der Waals surface area contributed by atoms with E-state index in [-0.39, 0.29) is 11.0 Å². The lowest BCUT2D eigenvalue weighted by Crippen LogP contribution is -2.46. The van der Waals surface area contributed by atoms with Gasteiger partial charge in [-0.2, -0.15) is 0 Å². The van der Waals surface area contributed by atoms with Gasteiger partial charge in [0.05, 0.1) is 0 Å². The second-order valence-corrected chi connectivity index (χ2v) is 15.8. The van der Waals surface area contributed by atoms with Crippen LogP contribution in [0.1, 0.15) is 50.0 Å². The Morgan fingerprint density at radius 2 is 1.35 bits per heavy atom. The van der Waals surface area contributed by atoms with E-state index in [0.717, 1.165) is 22.0 Å². The van der Waals surface area contributed by atoms with Gasteiger partial charge < -0.3 is 9.16 Å². The minimum absolute atomic E-state index is 0.0125. The zero-order valence-electron chi connectivity index (χ0n) is 20.8. The van der Waals surface area contributed by atoms with Gasteiger partial charge in [0, 0.05) is 4.47 Å². The van der Waals surface area contributed by atoms with Crippen LogP contribution < -0.4 is 0 Å². The van der Waals surface area contributed by atoms with Crippen LogP contribution in [-0.2, 0) is 20.4 Å². The molecule has 0 N–H and O–H groups in total. The first-order chi connectivity index (χ1) is 16.1. The van der Waals surface area contributed by atoms with Gasteiger partial charge in [-0.3, -0.25) is 0 Å². The molecule has 3 rings (SSSR count). The molecule has 180 valence electrons. The lowest BCUT2D eigenvalue weighted by molar-refractivity contribution is -0.157. The fraction of sp³-hybridized carbons (Fsp3) is 0.345. The highest BCUT2D eigenvalue weighted by Crippen LogP contribution is 2.38. The molecule has 0 heterocycles. The molecule has 0 amide bonds. The molecule has 0 fully saturated rings. The van der Waals surface area contributed by atoms with Crippen LogP contribution >= 0.6 is 15.9 Å². The molecule has 3 nitrogen and oxygen atoms in total. The molecule has 0 aliphatic heterocycles. The van der Waals surface area contributed by atoms with Crippen molar-refractivity contribution in [1.29, 1.82) is 0 Å². The molecule has 0 spiro atoms. The second kappa shape index (κ2) is 11.5. The Kier molecular flexibility index (Phi) is 8.91. The number of esters is 1. The molecule has 0 saturated carbocycles. The van der Waals surface area contributed by atoms with Crippen molar-refractivity contribution in [3.63, 3.8) is 0 Å². The fourth-order valence-corrected chi connectivity index (χ4v) is 5.03. The molecule has 0 saturated heterocycles. The average Bonchev–Trinajstić information content (AvgIpc) is 2.81. The number of ether oxygens (including phenoxy) is 1. The Morgan fingerprint density at radius 3 is 1.82 bits per heavy atom. The number of carbonyl (C=O) groups excluding carboxylic acids is 1. The summed E-state index contributed by atoms with van der Waals surface area (Å²) in [5.74, 6) is -0.306. The second-order valence-electron chi connectivity index (χ2n) is 10.2. The zero-order valence-corrected chi connectivity index (χ0v) is 23.3. The van der Waals surface area contributed by atoms with E-state index in [4.69, 9.17) is 9.16 Å². The number of benzene rings is 3. The van der Waals surface area contributed by atoms with Crippen molar-refractivity contribution in [1.82, 2.24) is 0 Å². The van der Waals surface area contributed by atoms with Gasteiger partial charge in [-0.05, 0) is 59.8 Å². The average molecular weight is 540 g/mol. The summed E-state index contributed by atoms with van der Waals surface area (Å²) in [6.07, 6.45) is 0.208. The van der Waals surface area contributed by atoms with Crippen molar-refractivity contribution in [3.05, 3.63) is 106 Å². The van der Waals surface area contributed by atoms with Gasteiger partial charge in [0.2, 0.25) is 0 Å². The maximum Gasteiger partial charge on any atom is 0.334 e. The summed E-state index contributed by atoms with van der Waals surface area (Å²) in [6.45, 7) is 10.9. The molecule has 34 heavy (non-hydrogen) atoms. The highest BCUT2D eigenvalue weighted by atomic mass is 79.9. The Labute approximate surface area is 213 Å². The predicted octanol–water partition coefficient (Wildman–Crippen LogP) is 8.10. The van der Waals surface area contributed by atoms with Gasteiger partial charge in [-0.1, -0.05) is 109 Å². The summed E-state index contributed by atoms with van der Waals surface area (Å²) in [5, 5.41) is -0.0125. The Balaban J connectivity index is 1.86. The van der Waals surface area contributed by atoms with Crippen molar-refractivity contribution in [2.45, 2.75) is 64.0 Å². The van der Waals surface area contributed by atoms with E-state index in [0.29, 0.717) is 6.42 Å². The van der Waals surface area contributed by atoms with Crippen LogP contribution in [0.25, 0.3) is 0 Å². The molecule has 0 aliphatic rings. The first-order valence-corrected chi connectivity index (χ1v) is 15.5. The van der Waals surface area contributed by atoms with Crippen molar-refractivity contribution in [2.75, 3.05) is 0 Å². The first kappa shape index (κ1) is 26.4. The van der Waals surface area contributed by atoms with E-state index in [1.54, 1.807) is 0 Å². The van der Waals surface area contributed by atoms with Crippen molar-refractivity contribution in [2.24, 2.45) is 0 Å². The van der Waals surface area contributed by atoms with E-state index >= 15 is 0 Å². The summed E-state index contributed by atoms with van der Waals surface area (Å²) in [5.41, 5.74) is 3.06. The van der Waals surface area contributed by atoms with E-state index in [1.165, 1.54) is 5.56 Å². The predicted molar refractivity (Wildman–Crippen MR) is 145 cm³/mol. The molecule has 0 bridgehead atoms. The molecule has 1 unspecified atom stereocenters. The minimum atomic E-state index is -2.20. The van der Waals surface area contributed by atoms with Crippen LogP contribution in [0.4, 0.5) is 0 Å². The third-order valence-electron chi connectivity index (χ3n) is 6.55. The topological polar surface area (TPSA) is 35.5 Å². The zero-order chi connectivity index (χ0) is 24.8. The van der Waals surface area contributed by atoms with Crippen molar-refractivity contribution >= 4 is 30.2 Å². The highest BCUT2D eigenvalue weighted by molar-refractivity contribution is 9.10. The third kappa shape index (κ3) is 7.14. The van der Waals surface area contributed by atoms with Crippen LogP contribution in [-0.4, -0.2) is 20.4 Å². The minimum Gasteiger partial charge on any atom is -0.451 e. The van der Waals surface area contributed by atoms with E-state index < -0.39 is 20.5 Å². The van der Waals surface area contributed by atoms with E-state index in [1.807, 2.05) is 72.8 Å². The number of hydrogen-bond acceptors (Lipinski definition) is 3. The summed E-state index contributed by atoms with van der Waals surface area (Å²) < 4.78 is 13.9. The Bertz CT molecular complexity index is 1000. The van der Waals surface area contributed by atoms with Crippen molar-refractivity contribution in [3.8, 4) is 0 Å². The van der Waals surface area contributed by atoms with Gasteiger partial charge in [0.15, 0.2) is 14.4 Å². The molecule has 3 aromatic carbocycles. The summed E-state index contributed by atoms with van der Waals surface area (Å²) >= 11 is 3.49. The molecular formula is C29H35BrO3Si.